The van der Waals surface area contributed by atoms with E-state index in [1.807, 2.05) is 0 Å². The van der Waals surface area contributed by atoms with Crippen molar-refractivity contribution in [1.82, 2.24) is 15.2 Å². The fourth-order valence-electron chi connectivity index (χ4n) is 0.800. The SMILES string of the molecule is COCCCNc1cnnc(Cl)n1. The summed E-state index contributed by atoms with van der Waals surface area (Å²) in [6, 6.07) is 0. The Hall–Kier alpha value is -0.940. The number of hydrogen-bond donors (Lipinski definition) is 1. The summed E-state index contributed by atoms with van der Waals surface area (Å²) in [6.07, 6.45) is 2.44. The standard InChI is InChI=1S/C7H11ClN4O/c1-13-4-2-3-9-6-5-10-12-7(8)11-6/h5H,2-4H2,1H3,(H,9,11,12). The highest BCUT2D eigenvalue weighted by atomic mass is 35.5. The van der Waals surface area contributed by atoms with Crippen LogP contribution < -0.4 is 5.32 Å². The molecule has 1 aromatic heterocycles. The highest BCUT2D eigenvalue weighted by Crippen LogP contribution is 2.03. The molecule has 1 N–H and O–H groups in total. The quantitative estimate of drug-likeness (QED) is 0.722. The minimum atomic E-state index is 0.150. The van der Waals surface area contributed by atoms with Crippen LogP contribution in [-0.4, -0.2) is 35.4 Å². The molecule has 0 aromatic carbocycles. The summed E-state index contributed by atoms with van der Waals surface area (Å²) < 4.78 is 4.89. The summed E-state index contributed by atoms with van der Waals surface area (Å²) in [5.74, 6) is 0.635. The summed E-state index contributed by atoms with van der Waals surface area (Å²) in [6.45, 7) is 1.50. The maximum Gasteiger partial charge on any atom is 0.244 e. The molecular weight excluding hydrogens is 192 g/mol. The van der Waals surface area contributed by atoms with Crippen LogP contribution in [0.15, 0.2) is 6.20 Å². The van der Waals surface area contributed by atoms with Crippen LogP contribution in [0, 0.1) is 0 Å². The molecule has 1 rings (SSSR count). The van der Waals surface area contributed by atoms with Crippen molar-refractivity contribution >= 4 is 17.4 Å². The zero-order chi connectivity index (χ0) is 9.52. The molecule has 0 atom stereocenters. The van der Waals surface area contributed by atoms with Gasteiger partial charge in [-0.1, -0.05) is 0 Å². The van der Waals surface area contributed by atoms with Gasteiger partial charge in [0.15, 0.2) is 0 Å². The van der Waals surface area contributed by atoms with Crippen molar-refractivity contribution in [2.75, 3.05) is 25.6 Å². The van der Waals surface area contributed by atoms with Crippen molar-refractivity contribution < 1.29 is 4.74 Å². The first-order valence-electron chi connectivity index (χ1n) is 3.91. The Bertz CT molecular complexity index is 258. The summed E-state index contributed by atoms with van der Waals surface area (Å²) in [7, 11) is 1.67. The molecule has 0 aliphatic heterocycles. The third kappa shape index (κ3) is 4.00. The summed E-state index contributed by atoms with van der Waals surface area (Å²) in [5.41, 5.74) is 0. The van der Waals surface area contributed by atoms with Gasteiger partial charge in [0.2, 0.25) is 5.28 Å². The van der Waals surface area contributed by atoms with Gasteiger partial charge in [-0.2, -0.15) is 10.1 Å². The molecule has 5 nitrogen and oxygen atoms in total. The van der Waals surface area contributed by atoms with Gasteiger partial charge in [0.1, 0.15) is 5.82 Å². The number of rotatable bonds is 5. The van der Waals surface area contributed by atoms with E-state index >= 15 is 0 Å². The maximum atomic E-state index is 5.54. The molecule has 6 heteroatoms. The van der Waals surface area contributed by atoms with Crippen molar-refractivity contribution in [3.8, 4) is 0 Å². The number of nitrogens with one attached hydrogen (secondary N) is 1. The average molecular weight is 203 g/mol. The van der Waals surface area contributed by atoms with E-state index in [9.17, 15) is 0 Å². The van der Waals surface area contributed by atoms with Crippen LogP contribution in [0.5, 0.6) is 0 Å². The Labute approximate surface area is 81.5 Å². The summed E-state index contributed by atoms with van der Waals surface area (Å²) in [4.78, 5) is 3.91. The van der Waals surface area contributed by atoms with E-state index in [2.05, 4.69) is 20.5 Å². The van der Waals surface area contributed by atoms with Crippen LogP contribution in [0.4, 0.5) is 5.82 Å². The largest absolute Gasteiger partial charge is 0.385 e. The van der Waals surface area contributed by atoms with E-state index in [1.54, 1.807) is 7.11 Å². The molecule has 0 saturated heterocycles. The number of hydrogen-bond acceptors (Lipinski definition) is 5. The van der Waals surface area contributed by atoms with Gasteiger partial charge >= 0.3 is 0 Å². The highest BCUT2D eigenvalue weighted by Gasteiger charge is 1.95. The van der Waals surface area contributed by atoms with E-state index in [0.29, 0.717) is 5.82 Å². The van der Waals surface area contributed by atoms with Crippen molar-refractivity contribution in [2.24, 2.45) is 0 Å². The van der Waals surface area contributed by atoms with Gasteiger partial charge in [0.05, 0.1) is 6.20 Å². The molecule has 1 aromatic rings. The lowest BCUT2D eigenvalue weighted by Gasteiger charge is -2.03. The minimum Gasteiger partial charge on any atom is -0.385 e. The van der Waals surface area contributed by atoms with Gasteiger partial charge in [-0.3, -0.25) is 0 Å². The van der Waals surface area contributed by atoms with Gasteiger partial charge in [-0.05, 0) is 18.0 Å². The lowest BCUT2D eigenvalue weighted by Crippen LogP contribution is -2.06. The third-order valence-corrected chi connectivity index (χ3v) is 1.52. The van der Waals surface area contributed by atoms with E-state index in [1.165, 1.54) is 6.20 Å². The van der Waals surface area contributed by atoms with Crippen LogP contribution in [0.1, 0.15) is 6.42 Å². The van der Waals surface area contributed by atoms with E-state index < -0.39 is 0 Å². The number of aromatic nitrogens is 3. The van der Waals surface area contributed by atoms with Crippen molar-refractivity contribution in [2.45, 2.75) is 6.42 Å². The fourth-order valence-corrected chi connectivity index (χ4v) is 0.935. The van der Waals surface area contributed by atoms with Gasteiger partial charge in [-0.25, -0.2) is 0 Å². The van der Waals surface area contributed by atoms with E-state index in [0.717, 1.165) is 19.6 Å². The molecule has 0 amide bonds. The Morgan fingerprint density at radius 3 is 3.15 bits per heavy atom. The Morgan fingerprint density at radius 1 is 1.62 bits per heavy atom. The second kappa shape index (κ2) is 5.66. The molecule has 0 bridgehead atoms. The Kier molecular flexibility index (Phi) is 4.42. The Morgan fingerprint density at radius 2 is 2.46 bits per heavy atom. The van der Waals surface area contributed by atoms with Gasteiger partial charge in [-0.15, -0.1) is 5.10 Å². The zero-order valence-corrected chi connectivity index (χ0v) is 8.08. The predicted molar refractivity (Wildman–Crippen MR) is 49.8 cm³/mol. The first-order valence-corrected chi connectivity index (χ1v) is 4.29. The van der Waals surface area contributed by atoms with Crippen molar-refractivity contribution in [3.63, 3.8) is 0 Å². The number of anilines is 1. The van der Waals surface area contributed by atoms with E-state index in [-0.39, 0.29) is 5.28 Å². The topological polar surface area (TPSA) is 59.9 Å². The molecule has 0 radical (unpaired) electrons. The minimum absolute atomic E-state index is 0.150. The number of halogens is 1. The smallest absolute Gasteiger partial charge is 0.244 e. The van der Waals surface area contributed by atoms with Crippen molar-refractivity contribution in [3.05, 3.63) is 11.5 Å². The second-order valence-corrected chi connectivity index (χ2v) is 2.72. The number of ether oxygens (including phenoxy) is 1. The Balaban J connectivity index is 2.28. The molecule has 0 aliphatic rings. The molecular formula is C7H11ClN4O. The molecule has 0 unspecified atom stereocenters. The molecule has 13 heavy (non-hydrogen) atoms. The molecule has 1 heterocycles. The fraction of sp³-hybridized carbons (Fsp3) is 0.571. The van der Waals surface area contributed by atoms with Gasteiger partial charge in [0, 0.05) is 20.3 Å². The second-order valence-electron chi connectivity index (χ2n) is 2.38. The van der Waals surface area contributed by atoms with Crippen molar-refractivity contribution in [1.29, 1.82) is 0 Å². The van der Waals surface area contributed by atoms with Crippen LogP contribution in [-0.2, 0) is 4.74 Å². The lowest BCUT2D eigenvalue weighted by atomic mass is 10.4. The average Bonchev–Trinajstić information content (AvgIpc) is 2.13. The molecule has 0 aliphatic carbocycles. The predicted octanol–water partition coefficient (Wildman–Crippen LogP) is 0.973. The maximum absolute atomic E-state index is 5.54. The van der Waals surface area contributed by atoms with Gasteiger partial charge < -0.3 is 10.1 Å². The first-order chi connectivity index (χ1) is 6.33. The van der Waals surface area contributed by atoms with Crippen LogP contribution in [0.3, 0.4) is 0 Å². The number of nitrogens with zero attached hydrogens (tertiary/aromatic N) is 3. The lowest BCUT2D eigenvalue weighted by molar-refractivity contribution is 0.197. The normalized spacial score (nSPS) is 10.0. The van der Waals surface area contributed by atoms with Crippen LogP contribution in [0.25, 0.3) is 0 Å². The van der Waals surface area contributed by atoms with Crippen LogP contribution in [0.2, 0.25) is 5.28 Å². The first kappa shape index (κ1) is 10.1. The monoisotopic (exact) mass is 202 g/mol. The van der Waals surface area contributed by atoms with Gasteiger partial charge in [0.25, 0.3) is 0 Å². The molecule has 0 saturated carbocycles. The number of methoxy groups -OCH3 is 1. The third-order valence-electron chi connectivity index (χ3n) is 1.36. The van der Waals surface area contributed by atoms with E-state index in [4.69, 9.17) is 16.3 Å². The summed E-state index contributed by atoms with van der Waals surface area (Å²) >= 11 is 5.54. The highest BCUT2D eigenvalue weighted by molar-refractivity contribution is 6.28. The molecule has 72 valence electrons. The summed E-state index contributed by atoms with van der Waals surface area (Å²) in [5, 5.41) is 10.4. The zero-order valence-electron chi connectivity index (χ0n) is 7.33. The van der Waals surface area contributed by atoms with Crippen LogP contribution >= 0.6 is 11.6 Å². The molecule has 0 fully saturated rings. The molecule has 0 spiro atoms.